The topological polar surface area (TPSA) is 47.6 Å². The fourth-order valence-electron chi connectivity index (χ4n) is 2.92. The van der Waals surface area contributed by atoms with Crippen molar-refractivity contribution >= 4 is 6.03 Å². The van der Waals surface area contributed by atoms with Gasteiger partial charge in [-0.15, -0.1) is 0 Å². The Hall–Kier alpha value is -2.37. The van der Waals surface area contributed by atoms with E-state index in [1.54, 1.807) is 10.0 Å². The molecule has 0 spiro atoms. The van der Waals surface area contributed by atoms with Crippen LogP contribution in [0.15, 0.2) is 54.6 Å². The number of amides is 2. The summed E-state index contributed by atoms with van der Waals surface area (Å²) in [6, 6.07) is 18.8. The van der Waals surface area contributed by atoms with Gasteiger partial charge in [-0.1, -0.05) is 54.6 Å². The highest BCUT2D eigenvalue weighted by atomic mass is 16.2. The van der Waals surface area contributed by atoms with Crippen LogP contribution in [0.4, 0.5) is 4.79 Å². The second kappa shape index (κ2) is 7.25. The number of hydrazine groups is 2. The molecule has 2 amide bonds. The maximum Gasteiger partial charge on any atom is 0.349 e. The molecule has 2 aromatic rings. The number of carbonyl (C=O) groups excluding carboxylic acids is 1. The van der Waals surface area contributed by atoms with Crippen molar-refractivity contribution in [1.29, 1.82) is 0 Å². The van der Waals surface area contributed by atoms with E-state index in [-0.39, 0.29) is 24.3 Å². The fraction of sp³-hybridized carbons (Fsp3) is 0.350. The minimum atomic E-state index is -0.146. The molecule has 132 valence electrons. The Kier molecular flexibility index (Phi) is 5.06. The van der Waals surface area contributed by atoms with Crippen LogP contribution in [0.3, 0.4) is 0 Å². The van der Waals surface area contributed by atoms with Crippen LogP contribution in [0, 0.1) is 0 Å². The highest BCUT2D eigenvalue weighted by molar-refractivity contribution is 5.75. The van der Waals surface area contributed by atoms with E-state index in [1.165, 1.54) is 11.1 Å². The molecule has 5 nitrogen and oxygen atoms in total. The summed E-state index contributed by atoms with van der Waals surface area (Å²) in [6.07, 6.45) is -0.146. The predicted molar refractivity (Wildman–Crippen MR) is 100 cm³/mol. The molecule has 0 unspecified atom stereocenters. The van der Waals surface area contributed by atoms with Gasteiger partial charge in [0.25, 0.3) is 0 Å². The van der Waals surface area contributed by atoms with E-state index in [2.05, 4.69) is 47.2 Å². The molecule has 0 saturated carbocycles. The van der Waals surface area contributed by atoms with Crippen molar-refractivity contribution < 1.29 is 4.79 Å². The number of benzene rings is 2. The summed E-state index contributed by atoms with van der Waals surface area (Å²) >= 11 is 0. The van der Waals surface area contributed by atoms with E-state index in [9.17, 15) is 4.79 Å². The molecule has 2 aromatic carbocycles. The van der Waals surface area contributed by atoms with Crippen LogP contribution in [-0.2, 0) is 0 Å². The molecular weight excluding hydrogens is 312 g/mol. The Labute approximate surface area is 149 Å². The quantitative estimate of drug-likeness (QED) is 0.888. The number of urea groups is 1. The lowest BCUT2D eigenvalue weighted by molar-refractivity contribution is 0.00380. The monoisotopic (exact) mass is 338 g/mol. The van der Waals surface area contributed by atoms with Gasteiger partial charge in [-0.3, -0.25) is 10.0 Å². The highest BCUT2D eigenvalue weighted by Crippen LogP contribution is 2.23. The Morgan fingerprint density at radius 2 is 1.24 bits per heavy atom. The van der Waals surface area contributed by atoms with Crippen molar-refractivity contribution in [2.45, 2.75) is 45.9 Å². The molecule has 1 saturated heterocycles. The van der Waals surface area contributed by atoms with E-state index in [0.717, 1.165) is 5.56 Å². The molecule has 0 bridgehead atoms. The summed E-state index contributed by atoms with van der Waals surface area (Å²) in [6.45, 7) is 8.02. The van der Waals surface area contributed by atoms with Crippen LogP contribution >= 0.6 is 0 Å². The molecule has 0 aliphatic carbocycles. The molecule has 1 heterocycles. The third kappa shape index (κ3) is 3.67. The van der Waals surface area contributed by atoms with E-state index >= 15 is 0 Å². The molecule has 3 rings (SSSR count). The third-order valence-corrected chi connectivity index (χ3v) is 4.33. The van der Waals surface area contributed by atoms with Crippen molar-refractivity contribution in [3.63, 3.8) is 0 Å². The summed E-state index contributed by atoms with van der Waals surface area (Å²) in [5, 5.41) is 3.37. The lowest BCUT2D eigenvalue weighted by Crippen LogP contribution is -2.67. The van der Waals surface area contributed by atoms with Crippen molar-refractivity contribution in [2.75, 3.05) is 0 Å². The SMILES string of the molecule is CC(C)N1NC(c2ccc(-c3ccccc3)cc2)NN(C(C)C)C1=O. The van der Waals surface area contributed by atoms with Gasteiger partial charge in [-0.2, -0.15) is 0 Å². The van der Waals surface area contributed by atoms with Crippen LogP contribution < -0.4 is 10.9 Å². The second-order valence-electron chi connectivity index (χ2n) is 6.89. The fourth-order valence-corrected chi connectivity index (χ4v) is 2.92. The zero-order valence-electron chi connectivity index (χ0n) is 15.2. The van der Waals surface area contributed by atoms with Crippen molar-refractivity contribution in [3.05, 3.63) is 60.2 Å². The number of hydrogen-bond donors (Lipinski definition) is 2. The maximum atomic E-state index is 12.6. The zero-order chi connectivity index (χ0) is 18.0. The Morgan fingerprint density at radius 3 is 1.72 bits per heavy atom. The minimum absolute atomic E-state index is 0.0536. The van der Waals surface area contributed by atoms with Crippen molar-refractivity contribution in [3.8, 4) is 11.1 Å². The molecule has 1 fully saturated rings. The van der Waals surface area contributed by atoms with Crippen molar-refractivity contribution in [1.82, 2.24) is 20.9 Å². The zero-order valence-corrected chi connectivity index (χ0v) is 15.2. The van der Waals surface area contributed by atoms with Gasteiger partial charge in [0.2, 0.25) is 0 Å². The Balaban J connectivity index is 1.84. The second-order valence-corrected chi connectivity index (χ2v) is 6.89. The number of rotatable bonds is 4. The summed E-state index contributed by atoms with van der Waals surface area (Å²) in [7, 11) is 0. The average molecular weight is 338 g/mol. The first-order valence-corrected chi connectivity index (χ1v) is 8.77. The summed E-state index contributed by atoms with van der Waals surface area (Å²) in [5.74, 6) is 0. The number of hydrogen-bond acceptors (Lipinski definition) is 3. The first-order valence-electron chi connectivity index (χ1n) is 8.77. The third-order valence-electron chi connectivity index (χ3n) is 4.33. The van der Waals surface area contributed by atoms with Gasteiger partial charge < -0.3 is 0 Å². The molecule has 0 radical (unpaired) electrons. The van der Waals surface area contributed by atoms with Crippen molar-refractivity contribution in [2.24, 2.45) is 0 Å². The van der Waals surface area contributed by atoms with Crippen LogP contribution in [0.25, 0.3) is 11.1 Å². The molecule has 0 atom stereocenters. The van der Waals surface area contributed by atoms with Gasteiger partial charge >= 0.3 is 6.03 Å². The summed E-state index contributed by atoms with van der Waals surface area (Å²) < 4.78 is 0. The Bertz CT molecular complexity index is 692. The first-order chi connectivity index (χ1) is 12.0. The predicted octanol–water partition coefficient (Wildman–Crippen LogP) is 3.92. The van der Waals surface area contributed by atoms with E-state index < -0.39 is 0 Å². The van der Waals surface area contributed by atoms with Crippen LogP contribution in [-0.4, -0.2) is 28.1 Å². The van der Waals surface area contributed by atoms with Crippen LogP contribution in [0.1, 0.15) is 39.4 Å². The minimum Gasteiger partial charge on any atom is -0.254 e. The van der Waals surface area contributed by atoms with E-state index in [1.807, 2.05) is 45.9 Å². The molecule has 0 aromatic heterocycles. The van der Waals surface area contributed by atoms with E-state index in [4.69, 9.17) is 0 Å². The van der Waals surface area contributed by atoms with Gasteiger partial charge in [0.05, 0.1) is 0 Å². The van der Waals surface area contributed by atoms with Gasteiger partial charge in [0.1, 0.15) is 6.17 Å². The average Bonchev–Trinajstić information content (AvgIpc) is 2.62. The van der Waals surface area contributed by atoms with Gasteiger partial charge in [0.15, 0.2) is 0 Å². The van der Waals surface area contributed by atoms with Gasteiger partial charge in [-0.05, 0) is 44.4 Å². The summed E-state index contributed by atoms with van der Waals surface area (Å²) in [5.41, 5.74) is 10.0. The first kappa shape index (κ1) is 17.5. The number of carbonyl (C=O) groups is 1. The van der Waals surface area contributed by atoms with Gasteiger partial charge in [-0.25, -0.2) is 15.6 Å². The molecule has 1 aliphatic heterocycles. The largest absolute Gasteiger partial charge is 0.349 e. The standard InChI is InChI=1S/C20H26N4O/c1-14(2)23-20(25)24(15(3)4)22-19(21-23)18-12-10-17(11-13-18)16-8-6-5-7-9-16/h5-15,19,21-22H,1-4H3. The van der Waals surface area contributed by atoms with Crippen LogP contribution in [0.2, 0.25) is 0 Å². The number of nitrogens with one attached hydrogen (secondary N) is 2. The molecular formula is C20H26N4O. The molecule has 5 heteroatoms. The Morgan fingerprint density at radius 1 is 0.760 bits per heavy atom. The van der Waals surface area contributed by atoms with Gasteiger partial charge in [0, 0.05) is 12.1 Å². The molecule has 2 N–H and O–H groups in total. The lowest BCUT2D eigenvalue weighted by atomic mass is 10.0. The molecule has 25 heavy (non-hydrogen) atoms. The maximum absolute atomic E-state index is 12.6. The highest BCUT2D eigenvalue weighted by Gasteiger charge is 2.34. The lowest BCUT2D eigenvalue weighted by Gasteiger charge is -2.44. The number of nitrogens with zero attached hydrogens (tertiary/aromatic N) is 2. The van der Waals surface area contributed by atoms with E-state index in [0.29, 0.717) is 0 Å². The normalized spacial score (nSPS) is 16.2. The summed E-state index contributed by atoms with van der Waals surface area (Å²) in [4.78, 5) is 12.6. The smallest absolute Gasteiger partial charge is 0.254 e. The van der Waals surface area contributed by atoms with Crippen LogP contribution in [0.5, 0.6) is 0 Å². The molecule has 1 aliphatic rings.